The fourth-order valence-electron chi connectivity index (χ4n) is 1.51. The van der Waals surface area contributed by atoms with E-state index < -0.39 is 0 Å². The fraction of sp³-hybridized carbons (Fsp3) is 0.800. The molecule has 0 aliphatic carbocycles. The molecule has 0 N–H and O–H groups in total. The fourth-order valence-corrected chi connectivity index (χ4v) is 1.72. The van der Waals surface area contributed by atoms with E-state index in [2.05, 4.69) is 16.1 Å². The van der Waals surface area contributed by atoms with Crippen molar-refractivity contribution in [1.82, 2.24) is 4.90 Å². The van der Waals surface area contributed by atoms with E-state index >= 15 is 0 Å². The molecule has 2 heteroatoms. The van der Waals surface area contributed by atoms with Crippen molar-refractivity contribution in [3.63, 3.8) is 0 Å². The van der Waals surface area contributed by atoms with Crippen LogP contribution in [0.2, 0.25) is 0 Å². The van der Waals surface area contributed by atoms with Crippen LogP contribution in [0.1, 0.15) is 25.7 Å². The van der Waals surface area contributed by atoms with Gasteiger partial charge < -0.3 is 0 Å². The second kappa shape index (κ2) is 6.39. The Bertz CT molecular complexity index is 160. The highest BCUT2D eigenvalue weighted by Gasteiger charge is 2.06. The third kappa shape index (κ3) is 4.04. The summed E-state index contributed by atoms with van der Waals surface area (Å²) in [7, 11) is 0. The zero-order valence-corrected chi connectivity index (χ0v) is 8.62. The molecule has 0 unspecified atom stereocenters. The molecular formula is C10H17NS. The molecule has 1 saturated heterocycles. The van der Waals surface area contributed by atoms with Gasteiger partial charge in [0.2, 0.25) is 0 Å². The van der Waals surface area contributed by atoms with Crippen molar-refractivity contribution in [2.24, 2.45) is 0 Å². The van der Waals surface area contributed by atoms with Crippen LogP contribution in [0.4, 0.5) is 0 Å². The molecule has 0 radical (unpaired) electrons. The summed E-state index contributed by atoms with van der Waals surface area (Å²) in [5.41, 5.74) is 0. The number of hydrogen-bond acceptors (Lipinski definition) is 2. The number of likely N-dealkylation sites (tertiary alicyclic amines) is 1. The molecule has 1 fully saturated rings. The maximum Gasteiger partial charge on any atom is 0.0610 e. The van der Waals surface area contributed by atoms with Crippen LogP contribution >= 0.6 is 11.8 Å². The van der Waals surface area contributed by atoms with Gasteiger partial charge in [0.05, 0.1) is 6.54 Å². The van der Waals surface area contributed by atoms with Gasteiger partial charge in [0.15, 0.2) is 0 Å². The van der Waals surface area contributed by atoms with Crippen molar-refractivity contribution in [2.45, 2.75) is 25.7 Å². The molecular weight excluding hydrogens is 166 g/mol. The number of nitrogens with zero attached hydrogens (tertiary/aromatic N) is 1. The molecule has 1 rings (SSSR count). The number of thioether (sulfide) groups is 1. The van der Waals surface area contributed by atoms with Crippen LogP contribution < -0.4 is 0 Å². The third-order valence-electron chi connectivity index (χ3n) is 2.18. The Balaban J connectivity index is 2.20. The molecule has 1 aliphatic rings. The zero-order chi connectivity index (χ0) is 8.65. The van der Waals surface area contributed by atoms with E-state index in [-0.39, 0.29) is 0 Å². The molecule has 1 nitrogen and oxygen atoms in total. The van der Waals surface area contributed by atoms with Gasteiger partial charge in [0.25, 0.3) is 0 Å². The monoisotopic (exact) mass is 183 g/mol. The van der Waals surface area contributed by atoms with E-state index in [4.69, 9.17) is 0 Å². The summed E-state index contributed by atoms with van der Waals surface area (Å²) in [6.07, 6.45) is 7.57. The lowest BCUT2D eigenvalue weighted by Gasteiger charge is -2.15. The first kappa shape index (κ1) is 9.95. The molecule has 0 aromatic heterocycles. The van der Waals surface area contributed by atoms with Crippen molar-refractivity contribution >= 4 is 11.8 Å². The van der Waals surface area contributed by atoms with Crippen molar-refractivity contribution in [3.8, 4) is 11.2 Å². The first-order valence-electron chi connectivity index (χ1n) is 4.66. The van der Waals surface area contributed by atoms with Gasteiger partial charge in [-0.05, 0) is 37.4 Å². The van der Waals surface area contributed by atoms with Gasteiger partial charge in [-0.1, -0.05) is 30.5 Å². The molecule has 0 spiro atoms. The van der Waals surface area contributed by atoms with Crippen LogP contribution in [-0.2, 0) is 0 Å². The van der Waals surface area contributed by atoms with Crippen molar-refractivity contribution in [3.05, 3.63) is 0 Å². The second-order valence-electron chi connectivity index (χ2n) is 3.17. The molecule has 0 aromatic rings. The molecule has 12 heavy (non-hydrogen) atoms. The lowest BCUT2D eigenvalue weighted by molar-refractivity contribution is 0.320. The highest BCUT2D eigenvalue weighted by molar-refractivity contribution is 8.03. The largest absolute Gasteiger partial charge is 0.292 e. The number of hydrogen-bond donors (Lipinski definition) is 0. The van der Waals surface area contributed by atoms with Gasteiger partial charge in [-0.15, -0.1) is 0 Å². The Hall–Kier alpha value is -0.130. The normalized spacial score (nSPS) is 19.4. The lowest BCUT2D eigenvalue weighted by atomic mass is 10.2. The topological polar surface area (TPSA) is 3.24 Å². The highest BCUT2D eigenvalue weighted by atomic mass is 32.2. The summed E-state index contributed by atoms with van der Waals surface area (Å²) in [5, 5.41) is 3.04. The Morgan fingerprint density at radius 3 is 2.42 bits per heavy atom. The molecule has 68 valence electrons. The van der Waals surface area contributed by atoms with Gasteiger partial charge in [0, 0.05) is 0 Å². The third-order valence-corrected chi connectivity index (χ3v) is 2.52. The van der Waals surface area contributed by atoms with E-state index in [0.717, 1.165) is 6.54 Å². The predicted molar refractivity (Wildman–Crippen MR) is 56.2 cm³/mol. The minimum absolute atomic E-state index is 0.973. The standard InChI is InChI=1S/C10H17NS/c1-12-10-6-9-11-7-4-2-3-5-8-11/h2-5,7-9H2,1H3. The van der Waals surface area contributed by atoms with Crippen LogP contribution in [-0.4, -0.2) is 30.8 Å². The summed E-state index contributed by atoms with van der Waals surface area (Å²) in [4.78, 5) is 2.47. The quantitative estimate of drug-likeness (QED) is 0.573. The second-order valence-corrected chi connectivity index (χ2v) is 3.79. The predicted octanol–water partition coefficient (Wildman–Crippen LogP) is 2.19. The summed E-state index contributed by atoms with van der Waals surface area (Å²) in [5.74, 6) is 3.17. The Labute approximate surface area is 79.9 Å². The smallest absolute Gasteiger partial charge is 0.0610 e. The minimum atomic E-state index is 0.973. The SMILES string of the molecule is CSC#CCN1CCCCCC1. The van der Waals surface area contributed by atoms with Gasteiger partial charge in [-0.25, -0.2) is 0 Å². The van der Waals surface area contributed by atoms with Gasteiger partial charge in [-0.3, -0.25) is 4.90 Å². The Morgan fingerprint density at radius 2 is 1.83 bits per heavy atom. The molecule has 0 saturated carbocycles. The van der Waals surface area contributed by atoms with Crippen LogP contribution in [0.25, 0.3) is 0 Å². The molecule has 0 bridgehead atoms. The highest BCUT2D eigenvalue weighted by Crippen LogP contribution is 2.08. The van der Waals surface area contributed by atoms with Crippen LogP contribution in [0.15, 0.2) is 0 Å². The van der Waals surface area contributed by atoms with Crippen molar-refractivity contribution in [2.75, 3.05) is 25.9 Å². The molecule has 1 aliphatic heterocycles. The van der Waals surface area contributed by atoms with Crippen molar-refractivity contribution < 1.29 is 0 Å². The summed E-state index contributed by atoms with van der Waals surface area (Å²) >= 11 is 1.61. The summed E-state index contributed by atoms with van der Waals surface area (Å²) in [6.45, 7) is 3.48. The van der Waals surface area contributed by atoms with E-state index in [1.54, 1.807) is 11.8 Å². The summed E-state index contributed by atoms with van der Waals surface area (Å²) in [6, 6.07) is 0. The van der Waals surface area contributed by atoms with Crippen molar-refractivity contribution in [1.29, 1.82) is 0 Å². The van der Waals surface area contributed by atoms with Crippen LogP contribution in [0.3, 0.4) is 0 Å². The average molecular weight is 183 g/mol. The van der Waals surface area contributed by atoms with E-state index in [1.165, 1.54) is 38.8 Å². The molecule has 0 atom stereocenters. The van der Waals surface area contributed by atoms with E-state index in [9.17, 15) is 0 Å². The van der Waals surface area contributed by atoms with E-state index in [1.807, 2.05) is 6.26 Å². The molecule has 0 amide bonds. The Kier molecular flexibility index (Phi) is 5.30. The van der Waals surface area contributed by atoms with Crippen LogP contribution in [0, 0.1) is 11.2 Å². The molecule has 1 heterocycles. The lowest BCUT2D eigenvalue weighted by Crippen LogP contribution is -2.24. The first-order chi connectivity index (χ1) is 5.93. The van der Waals surface area contributed by atoms with Gasteiger partial charge in [-0.2, -0.15) is 0 Å². The first-order valence-corrected chi connectivity index (χ1v) is 5.89. The maximum atomic E-state index is 3.17. The van der Waals surface area contributed by atoms with Gasteiger partial charge >= 0.3 is 0 Å². The number of rotatable bonds is 1. The van der Waals surface area contributed by atoms with Crippen LogP contribution in [0.5, 0.6) is 0 Å². The maximum absolute atomic E-state index is 3.17. The Morgan fingerprint density at radius 1 is 1.17 bits per heavy atom. The van der Waals surface area contributed by atoms with Gasteiger partial charge in [0.1, 0.15) is 0 Å². The molecule has 0 aromatic carbocycles. The van der Waals surface area contributed by atoms with E-state index in [0.29, 0.717) is 0 Å². The minimum Gasteiger partial charge on any atom is -0.292 e. The summed E-state index contributed by atoms with van der Waals surface area (Å²) < 4.78 is 0. The zero-order valence-electron chi connectivity index (χ0n) is 7.81. The average Bonchev–Trinajstić information content (AvgIpc) is 2.33.